The maximum atomic E-state index is 13.6. The standard InChI is InChI=1S/C26H17FN2O2/c27-19-13-15-20(16-14-19)28-24-23(18-8-2-1-3-9-18)25(30)29(26(24)31)22-12-6-10-17-7-4-5-11-21(17)22/h1-16,28H. The minimum absolute atomic E-state index is 0.163. The molecule has 4 aromatic carbocycles. The van der Waals surface area contributed by atoms with Gasteiger partial charge in [0.15, 0.2) is 0 Å². The highest BCUT2D eigenvalue weighted by Gasteiger charge is 2.40. The smallest absolute Gasteiger partial charge is 0.282 e. The van der Waals surface area contributed by atoms with Crippen LogP contribution >= 0.6 is 0 Å². The Morgan fingerprint density at radius 3 is 2.13 bits per heavy atom. The number of anilines is 2. The van der Waals surface area contributed by atoms with Crippen molar-refractivity contribution in [1.82, 2.24) is 0 Å². The molecule has 0 saturated carbocycles. The van der Waals surface area contributed by atoms with Gasteiger partial charge in [0, 0.05) is 11.1 Å². The molecule has 5 rings (SSSR count). The molecule has 0 atom stereocenters. The molecular weight excluding hydrogens is 391 g/mol. The van der Waals surface area contributed by atoms with Crippen molar-refractivity contribution in [1.29, 1.82) is 0 Å². The van der Waals surface area contributed by atoms with Crippen molar-refractivity contribution in [3.05, 3.63) is 114 Å². The van der Waals surface area contributed by atoms with Gasteiger partial charge in [-0.3, -0.25) is 9.59 Å². The van der Waals surface area contributed by atoms with Crippen LogP contribution in [0.2, 0.25) is 0 Å². The zero-order valence-corrected chi connectivity index (χ0v) is 16.4. The van der Waals surface area contributed by atoms with Crippen LogP contribution in [0.1, 0.15) is 5.56 Å². The van der Waals surface area contributed by atoms with Crippen molar-refractivity contribution in [3.8, 4) is 0 Å². The number of imide groups is 1. The van der Waals surface area contributed by atoms with Crippen molar-refractivity contribution in [2.24, 2.45) is 0 Å². The molecule has 4 aromatic rings. The van der Waals surface area contributed by atoms with Gasteiger partial charge in [-0.1, -0.05) is 66.7 Å². The van der Waals surface area contributed by atoms with E-state index in [0.717, 1.165) is 10.8 Å². The first-order chi connectivity index (χ1) is 15.1. The molecular formula is C26H17FN2O2. The Kier molecular flexibility index (Phi) is 4.56. The molecule has 5 heteroatoms. The normalized spacial score (nSPS) is 13.9. The van der Waals surface area contributed by atoms with Crippen LogP contribution in [0.25, 0.3) is 16.3 Å². The summed E-state index contributed by atoms with van der Waals surface area (Å²) in [6, 6.07) is 27.9. The zero-order valence-electron chi connectivity index (χ0n) is 16.4. The number of carbonyl (C=O) groups excluding carboxylic acids is 2. The van der Waals surface area contributed by atoms with Crippen molar-refractivity contribution in [2.75, 3.05) is 10.2 Å². The fraction of sp³-hybridized carbons (Fsp3) is 0. The van der Waals surface area contributed by atoms with Crippen LogP contribution in [0.3, 0.4) is 0 Å². The quantitative estimate of drug-likeness (QED) is 0.462. The fourth-order valence-corrected chi connectivity index (χ4v) is 3.82. The Morgan fingerprint density at radius 1 is 0.677 bits per heavy atom. The van der Waals surface area contributed by atoms with Gasteiger partial charge >= 0.3 is 0 Å². The maximum Gasteiger partial charge on any atom is 0.282 e. The summed E-state index contributed by atoms with van der Waals surface area (Å²) < 4.78 is 13.3. The third kappa shape index (κ3) is 3.26. The Morgan fingerprint density at radius 2 is 1.35 bits per heavy atom. The first kappa shape index (κ1) is 18.8. The Balaban J connectivity index is 1.65. The van der Waals surface area contributed by atoms with Gasteiger partial charge in [0.05, 0.1) is 11.3 Å². The highest BCUT2D eigenvalue weighted by atomic mass is 19.1. The monoisotopic (exact) mass is 408 g/mol. The van der Waals surface area contributed by atoms with Crippen molar-refractivity contribution in [3.63, 3.8) is 0 Å². The summed E-state index contributed by atoms with van der Waals surface area (Å²) in [5.41, 5.74) is 2.12. The molecule has 0 unspecified atom stereocenters. The Hall–Kier alpha value is -4.25. The number of hydrogen-bond donors (Lipinski definition) is 1. The van der Waals surface area contributed by atoms with Gasteiger partial charge in [-0.15, -0.1) is 0 Å². The first-order valence-electron chi connectivity index (χ1n) is 9.82. The summed E-state index contributed by atoms with van der Waals surface area (Å²) in [7, 11) is 0. The number of rotatable bonds is 4. The molecule has 1 aliphatic heterocycles. The number of nitrogens with zero attached hydrogens (tertiary/aromatic N) is 1. The lowest BCUT2D eigenvalue weighted by molar-refractivity contribution is -0.120. The largest absolute Gasteiger partial charge is 0.350 e. The molecule has 4 nitrogen and oxygen atoms in total. The topological polar surface area (TPSA) is 49.4 Å². The van der Waals surface area contributed by atoms with Crippen molar-refractivity contribution < 1.29 is 14.0 Å². The minimum atomic E-state index is -0.454. The third-order valence-corrected chi connectivity index (χ3v) is 5.27. The van der Waals surface area contributed by atoms with Crippen LogP contribution in [-0.2, 0) is 9.59 Å². The number of carbonyl (C=O) groups is 2. The second-order valence-corrected chi connectivity index (χ2v) is 7.19. The SMILES string of the molecule is O=C1C(Nc2ccc(F)cc2)=C(c2ccccc2)C(=O)N1c1cccc2ccccc12. The average Bonchev–Trinajstić information content (AvgIpc) is 3.04. The van der Waals surface area contributed by atoms with Crippen LogP contribution < -0.4 is 10.2 Å². The van der Waals surface area contributed by atoms with Gasteiger partial charge in [-0.05, 0) is 41.3 Å². The summed E-state index contributed by atoms with van der Waals surface area (Å²) in [6.45, 7) is 0. The average molecular weight is 408 g/mol. The lowest BCUT2D eigenvalue weighted by atomic mass is 10.0. The summed E-state index contributed by atoms with van der Waals surface area (Å²) in [5, 5.41) is 4.79. The van der Waals surface area contributed by atoms with E-state index in [4.69, 9.17) is 0 Å². The van der Waals surface area contributed by atoms with Crippen LogP contribution in [0.15, 0.2) is 103 Å². The van der Waals surface area contributed by atoms with Crippen molar-refractivity contribution in [2.45, 2.75) is 0 Å². The van der Waals surface area contributed by atoms with E-state index in [0.29, 0.717) is 16.9 Å². The fourth-order valence-electron chi connectivity index (χ4n) is 3.82. The minimum Gasteiger partial charge on any atom is -0.350 e. The summed E-state index contributed by atoms with van der Waals surface area (Å²) in [6.07, 6.45) is 0. The summed E-state index contributed by atoms with van der Waals surface area (Å²) >= 11 is 0. The Labute approximate surface area is 178 Å². The predicted molar refractivity (Wildman–Crippen MR) is 120 cm³/mol. The molecule has 0 aromatic heterocycles. The molecule has 0 fully saturated rings. The predicted octanol–water partition coefficient (Wildman–Crippen LogP) is 5.38. The van der Waals surface area contributed by atoms with Gasteiger partial charge in [-0.2, -0.15) is 0 Å². The zero-order chi connectivity index (χ0) is 21.4. The summed E-state index contributed by atoms with van der Waals surface area (Å²) in [4.78, 5) is 28.3. The number of hydrogen-bond acceptors (Lipinski definition) is 3. The van der Waals surface area contributed by atoms with E-state index in [1.807, 2.05) is 54.6 Å². The molecule has 31 heavy (non-hydrogen) atoms. The Bertz CT molecular complexity index is 1340. The van der Waals surface area contributed by atoms with E-state index in [9.17, 15) is 14.0 Å². The number of benzene rings is 4. The molecule has 0 spiro atoms. The van der Waals surface area contributed by atoms with E-state index in [-0.39, 0.29) is 17.1 Å². The van der Waals surface area contributed by atoms with Crippen LogP contribution in [0, 0.1) is 5.82 Å². The number of amides is 2. The highest BCUT2D eigenvalue weighted by molar-refractivity contribution is 6.47. The maximum absolute atomic E-state index is 13.6. The second kappa shape index (κ2) is 7.54. The molecule has 1 N–H and O–H groups in total. The van der Waals surface area contributed by atoms with Crippen molar-refractivity contribution >= 4 is 39.5 Å². The third-order valence-electron chi connectivity index (χ3n) is 5.27. The number of halogens is 1. The molecule has 0 radical (unpaired) electrons. The van der Waals surface area contributed by atoms with Gasteiger partial charge in [-0.25, -0.2) is 9.29 Å². The molecule has 2 amide bonds. The van der Waals surface area contributed by atoms with E-state index in [1.165, 1.54) is 29.2 Å². The van der Waals surface area contributed by atoms with Crippen LogP contribution in [0.5, 0.6) is 0 Å². The lowest BCUT2D eigenvalue weighted by Gasteiger charge is -2.17. The first-order valence-corrected chi connectivity index (χ1v) is 9.82. The molecule has 0 saturated heterocycles. The van der Waals surface area contributed by atoms with E-state index in [1.54, 1.807) is 18.2 Å². The number of nitrogens with one attached hydrogen (secondary N) is 1. The molecule has 0 aliphatic carbocycles. The van der Waals surface area contributed by atoms with E-state index < -0.39 is 11.8 Å². The molecule has 1 heterocycles. The van der Waals surface area contributed by atoms with Gasteiger partial charge in [0.25, 0.3) is 11.8 Å². The highest BCUT2D eigenvalue weighted by Crippen LogP contribution is 2.36. The molecule has 1 aliphatic rings. The van der Waals surface area contributed by atoms with E-state index >= 15 is 0 Å². The van der Waals surface area contributed by atoms with Gasteiger partial charge < -0.3 is 5.32 Å². The lowest BCUT2D eigenvalue weighted by Crippen LogP contribution is -2.32. The van der Waals surface area contributed by atoms with E-state index in [2.05, 4.69) is 5.32 Å². The molecule has 0 bridgehead atoms. The van der Waals surface area contributed by atoms with Crippen LogP contribution in [-0.4, -0.2) is 11.8 Å². The number of fused-ring (bicyclic) bond motifs is 1. The van der Waals surface area contributed by atoms with Gasteiger partial charge in [0.1, 0.15) is 11.5 Å². The summed E-state index contributed by atoms with van der Waals surface area (Å²) in [5.74, 6) is -1.24. The second-order valence-electron chi connectivity index (χ2n) is 7.19. The molecule has 150 valence electrons. The van der Waals surface area contributed by atoms with Gasteiger partial charge in [0.2, 0.25) is 0 Å². The van der Waals surface area contributed by atoms with Crippen LogP contribution in [0.4, 0.5) is 15.8 Å².